The summed E-state index contributed by atoms with van der Waals surface area (Å²) in [5, 5.41) is 8.92. The maximum Gasteiger partial charge on any atom is 0.179 e. The summed E-state index contributed by atoms with van der Waals surface area (Å²) in [6.45, 7) is 4.45. The van der Waals surface area contributed by atoms with Gasteiger partial charge in [0.15, 0.2) is 5.82 Å². The lowest BCUT2D eigenvalue weighted by atomic mass is 9.66. The van der Waals surface area contributed by atoms with E-state index in [1.807, 2.05) is 29.2 Å². The summed E-state index contributed by atoms with van der Waals surface area (Å²) in [6, 6.07) is 7.62. The molecule has 1 fully saturated rings. The number of halogens is 2. The first-order valence-corrected chi connectivity index (χ1v) is 12.9. The number of hydrogen-bond donors (Lipinski definition) is 0. The lowest BCUT2D eigenvalue weighted by Gasteiger charge is -2.37. The largest absolute Gasteiger partial charge is 0.327 e. The Labute approximate surface area is 206 Å². The number of aromatic nitrogens is 6. The van der Waals surface area contributed by atoms with Gasteiger partial charge in [-0.05, 0) is 60.3 Å². The van der Waals surface area contributed by atoms with E-state index in [0.717, 1.165) is 41.4 Å². The van der Waals surface area contributed by atoms with Crippen LogP contribution in [0.5, 0.6) is 0 Å². The molecule has 0 amide bonds. The van der Waals surface area contributed by atoms with Crippen LogP contribution in [0.25, 0.3) is 22.8 Å². The van der Waals surface area contributed by atoms with E-state index >= 15 is 0 Å². The highest BCUT2D eigenvalue weighted by atomic mass is 32.2. The minimum Gasteiger partial charge on any atom is -0.327 e. The molecule has 0 aliphatic heterocycles. The third-order valence-electron chi connectivity index (χ3n) is 7.83. The van der Waals surface area contributed by atoms with Crippen molar-refractivity contribution in [3.05, 3.63) is 77.6 Å². The standard InChI is InChI=1S/C26H24F2N6S/c1-25(2)16-7-9-26(25,21-8-10-29-24(31-21)20-12-34(13-30-20)14-35-3)23-15(16)11-19(32-33-23)22-17(27)5-4-6-18(22)28/h4-6,8,10-13,16H,7,9,14H2,1-3H3/t16-,26-/m0/s1. The number of hydrogen-bond acceptors (Lipinski definition) is 6. The van der Waals surface area contributed by atoms with E-state index in [4.69, 9.17) is 4.98 Å². The molecule has 6 rings (SSSR count). The van der Waals surface area contributed by atoms with Gasteiger partial charge in [-0.3, -0.25) is 0 Å². The molecule has 4 aromatic rings. The smallest absolute Gasteiger partial charge is 0.179 e. The second kappa shape index (κ2) is 7.91. The molecule has 1 aromatic carbocycles. The van der Waals surface area contributed by atoms with Crippen LogP contribution in [0, 0.1) is 17.0 Å². The van der Waals surface area contributed by atoms with E-state index in [9.17, 15) is 8.78 Å². The average molecular weight is 491 g/mol. The van der Waals surface area contributed by atoms with E-state index in [1.165, 1.54) is 18.2 Å². The van der Waals surface area contributed by atoms with Gasteiger partial charge in [-0.25, -0.2) is 23.7 Å². The molecule has 9 heteroatoms. The minimum atomic E-state index is -0.641. The number of benzene rings is 1. The second-order valence-corrected chi connectivity index (χ2v) is 10.6. The van der Waals surface area contributed by atoms with Crippen molar-refractivity contribution in [2.24, 2.45) is 5.41 Å². The molecule has 6 nitrogen and oxygen atoms in total. The van der Waals surface area contributed by atoms with Gasteiger partial charge in [0.25, 0.3) is 0 Å². The summed E-state index contributed by atoms with van der Waals surface area (Å²) in [5.41, 5.74) is 2.86. The maximum atomic E-state index is 14.5. The predicted molar refractivity (Wildman–Crippen MR) is 131 cm³/mol. The zero-order valence-electron chi connectivity index (χ0n) is 19.7. The van der Waals surface area contributed by atoms with Gasteiger partial charge >= 0.3 is 0 Å². The van der Waals surface area contributed by atoms with Crippen molar-refractivity contribution in [3.63, 3.8) is 0 Å². The summed E-state index contributed by atoms with van der Waals surface area (Å²) in [7, 11) is 0. The fourth-order valence-corrected chi connectivity index (χ4v) is 6.61. The van der Waals surface area contributed by atoms with Crippen molar-refractivity contribution < 1.29 is 8.78 Å². The van der Waals surface area contributed by atoms with E-state index in [0.29, 0.717) is 5.82 Å². The number of imidazole rings is 1. The van der Waals surface area contributed by atoms with E-state index in [-0.39, 0.29) is 22.6 Å². The Kier molecular flexibility index (Phi) is 5.03. The SMILES string of the molecule is CSCn1cnc(-c2nccc([C@@]34CC[C@@H](c5cc(-c6c(F)cccc6F)nnc53)C4(C)C)n2)c1. The van der Waals surface area contributed by atoms with Crippen LogP contribution in [-0.4, -0.2) is 36.0 Å². The van der Waals surface area contributed by atoms with Crippen molar-refractivity contribution in [1.29, 1.82) is 0 Å². The van der Waals surface area contributed by atoms with Crippen LogP contribution in [0.2, 0.25) is 0 Å². The van der Waals surface area contributed by atoms with Gasteiger partial charge in [-0.15, -0.1) is 16.9 Å². The van der Waals surface area contributed by atoms with Crippen LogP contribution < -0.4 is 0 Å². The van der Waals surface area contributed by atoms with Crippen LogP contribution in [0.4, 0.5) is 8.78 Å². The minimum absolute atomic E-state index is 0.136. The Balaban J connectivity index is 1.48. The van der Waals surface area contributed by atoms with Gasteiger partial charge < -0.3 is 4.57 Å². The third-order valence-corrected chi connectivity index (χ3v) is 8.39. The van der Waals surface area contributed by atoms with E-state index < -0.39 is 17.0 Å². The molecule has 0 radical (unpaired) electrons. The molecule has 1 saturated carbocycles. The maximum absolute atomic E-state index is 14.5. The van der Waals surface area contributed by atoms with Crippen molar-refractivity contribution in [2.75, 3.05) is 6.26 Å². The zero-order valence-corrected chi connectivity index (χ0v) is 20.5. The number of rotatable bonds is 5. The zero-order chi connectivity index (χ0) is 24.4. The van der Waals surface area contributed by atoms with Gasteiger partial charge in [0.1, 0.15) is 17.3 Å². The first kappa shape index (κ1) is 22.3. The lowest BCUT2D eigenvalue weighted by molar-refractivity contribution is 0.243. The molecule has 0 N–H and O–H groups in total. The van der Waals surface area contributed by atoms with Gasteiger partial charge in [-0.2, -0.15) is 5.10 Å². The molecule has 0 unspecified atom stereocenters. The molecule has 0 saturated heterocycles. The molecule has 3 heterocycles. The Morgan fingerprint density at radius 2 is 1.89 bits per heavy atom. The Morgan fingerprint density at radius 3 is 2.66 bits per heavy atom. The Morgan fingerprint density at radius 1 is 1.09 bits per heavy atom. The molecule has 2 bridgehead atoms. The highest BCUT2D eigenvalue weighted by Crippen LogP contribution is 2.69. The number of nitrogens with zero attached hydrogens (tertiary/aromatic N) is 6. The quantitative estimate of drug-likeness (QED) is 0.363. The molecule has 2 aliphatic carbocycles. The van der Waals surface area contributed by atoms with Gasteiger partial charge in [0, 0.05) is 12.4 Å². The third kappa shape index (κ3) is 3.10. The Bertz CT molecular complexity index is 1430. The van der Waals surface area contributed by atoms with Gasteiger partial charge in [-0.1, -0.05) is 19.9 Å². The average Bonchev–Trinajstić information content (AvgIpc) is 3.47. The molecule has 2 aliphatic rings. The van der Waals surface area contributed by atoms with Crippen LogP contribution in [0.3, 0.4) is 0 Å². The fourth-order valence-electron chi connectivity index (χ4n) is 6.17. The molecule has 35 heavy (non-hydrogen) atoms. The second-order valence-electron chi connectivity index (χ2n) is 9.80. The molecule has 178 valence electrons. The van der Waals surface area contributed by atoms with E-state index in [2.05, 4.69) is 34.0 Å². The first-order valence-electron chi connectivity index (χ1n) is 11.5. The lowest BCUT2D eigenvalue weighted by Crippen LogP contribution is -2.38. The first-order chi connectivity index (χ1) is 16.9. The highest BCUT2D eigenvalue weighted by molar-refractivity contribution is 7.97. The van der Waals surface area contributed by atoms with Gasteiger partial charge in [0.2, 0.25) is 0 Å². The fraction of sp³-hybridized carbons (Fsp3) is 0.346. The summed E-state index contributed by atoms with van der Waals surface area (Å²) in [5.74, 6) is 0.276. The van der Waals surface area contributed by atoms with Crippen molar-refractivity contribution in [3.8, 4) is 22.8 Å². The molecular weight excluding hydrogens is 466 g/mol. The topological polar surface area (TPSA) is 69.4 Å². The molecule has 0 spiro atoms. The molecule has 2 atom stereocenters. The van der Waals surface area contributed by atoms with Crippen LogP contribution in [0.15, 0.2) is 49.1 Å². The van der Waals surface area contributed by atoms with Crippen LogP contribution in [-0.2, 0) is 11.3 Å². The highest BCUT2D eigenvalue weighted by Gasteiger charge is 2.65. The monoisotopic (exact) mass is 490 g/mol. The van der Waals surface area contributed by atoms with Crippen molar-refractivity contribution in [1.82, 2.24) is 29.7 Å². The molecule has 3 aromatic heterocycles. The summed E-state index contributed by atoms with van der Waals surface area (Å²) < 4.78 is 31.0. The number of thioether (sulfide) groups is 1. The van der Waals surface area contributed by atoms with E-state index in [1.54, 1.807) is 24.3 Å². The summed E-state index contributed by atoms with van der Waals surface area (Å²) in [6.07, 6.45) is 9.36. The van der Waals surface area contributed by atoms with Gasteiger partial charge in [0.05, 0.1) is 40.3 Å². The number of fused-ring (bicyclic) bond motifs is 5. The summed E-state index contributed by atoms with van der Waals surface area (Å²) >= 11 is 1.71. The molecular formula is C26H24F2N6S. The van der Waals surface area contributed by atoms with Crippen LogP contribution >= 0.6 is 11.8 Å². The normalized spacial score (nSPS) is 21.9. The van der Waals surface area contributed by atoms with Crippen molar-refractivity contribution in [2.45, 2.75) is 43.9 Å². The summed E-state index contributed by atoms with van der Waals surface area (Å²) in [4.78, 5) is 14.0. The predicted octanol–water partition coefficient (Wildman–Crippen LogP) is 5.60. The van der Waals surface area contributed by atoms with Crippen LogP contribution in [0.1, 0.15) is 49.6 Å². The Hall–Kier alpha value is -3.20. The van der Waals surface area contributed by atoms with Crippen molar-refractivity contribution >= 4 is 11.8 Å².